The zero-order valence-electron chi connectivity index (χ0n) is 14.9. The van der Waals surface area contributed by atoms with Crippen LogP contribution in [0.4, 0.5) is 10.2 Å². The Kier molecular flexibility index (Phi) is 5.98. The van der Waals surface area contributed by atoms with Gasteiger partial charge in [0.05, 0.1) is 5.02 Å². The number of aliphatic hydroxyl groups excluding tert-OH is 2. The molecule has 2 rings (SSSR count). The molecule has 0 spiro atoms. The minimum Gasteiger partial charge on any atom is -0.458 e. The average molecular weight is 420 g/mol. The monoisotopic (exact) mass is 419 g/mol. The van der Waals surface area contributed by atoms with E-state index in [1.54, 1.807) is 13.8 Å². The Bertz CT molecular complexity index is 875. The molecule has 28 heavy (non-hydrogen) atoms. The fourth-order valence-electron chi connectivity index (χ4n) is 2.50. The Labute approximate surface area is 163 Å². The standard InChI is InChI=1S/C15H19ClFN5O6/c1-6(2)8(19)12(25)27-5-14(17)9(23)10(24)15(4-18,28-14)22-3-7(16)11(20)21-13(22)26/h3,6,8-10,23-24H,5,19H2,1-2H3,(H2,20,21,26)/t8-,9-,10+,14+,15+/m0/s1. The number of alkyl halides is 1. The molecule has 1 aromatic heterocycles. The molecule has 5 atom stereocenters. The second-order valence-electron chi connectivity index (χ2n) is 6.59. The van der Waals surface area contributed by atoms with Gasteiger partial charge in [0.1, 0.15) is 30.1 Å². The minimum absolute atomic E-state index is 0.287. The summed E-state index contributed by atoms with van der Waals surface area (Å²) in [6.45, 7) is 2.07. The van der Waals surface area contributed by atoms with Crippen molar-refractivity contribution in [1.82, 2.24) is 9.55 Å². The van der Waals surface area contributed by atoms with Crippen LogP contribution < -0.4 is 17.2 Å². The molecule has 1 aromatic rings. The molecule has 0 saturated carbocycles. The number of carbonyl (C=O) groups is 1. The molecule has 0 radical (unpaired) electrons. The zero-order chi connectivity index (χ0) is 21.4. The van der Waals surface area contributed by atoms with Gasteiger partial charge in [0.15, 0.2) is 6.61 Å². The second-order valence-corrected chi connectivity index (χ2v) is 7.00. The van der Waals surface area contributed by atoms with Gasteiger partial charge in [0, 0.05) is 6.20 Å². The Morgan fingerprint density at radius 2 is 2.18 bits per heavy atom. The van der Waals surface area contributed by atoms with Gasteiger partial charge in [-0.05, 0) is 5.92 Å². The summed E-state index contributed by atoms with van der Waals surface area (Å²) in [6, 6.07) is 0.358. The molecule has 1 aliphatic heterocycles. The molecule has 0 amide bonds. The number of anilines is 1. The van der Waals surface area contributed by atoms with Crippen LogP contribution in [0.1, 0.15) is 13.8 Å². The number of hydrogen-bond acceptors (Lipinski definition) is 10. The molecule has 13 heteroatoms. The Balaban J connectivity index is 2.38. The predicted octanol–water partition coefficient (Wildman–Crippen LogP) is -1.40. The van der Waals surface area contributed by atoms with Crippen molar-refractivity contribution in [3.63, 3.8) is 0 Å². The smallest absolute Gasteiger partial charge is 0.352 e. The molecule has 1 fully saturated rings. The number of esters is 1. The zero-order valence-corrected chi connectivity index (χ0v) is 15.6. The molecule has 0 bridgehead atoms. The summed E-state index contributed by atoms with van der Waals surface area (Å²) < 4.78 is 25.2. The average Bonchev–Trinajstić information content (AvgIpc) is 2.84. The third-order valence-corrected chi connectivity index (χ3v) is 4.59. The van der Waals surface area contributed by atoms with E-state index in [1.807, 2.05) is 0 Å². The van der Waals surface area contributed by atoms with Gasteiger partial charge < -0.3 is 26.4 Å². The third kappa shape index (κ3) is 3.54. The topological polar surface area (TPSA) is 187 Å². The lowest BCUT2D eigenvalue weighted by atomic mass is 10.0. The lowest BCUT2D eigenvalue weighted by Crippen LogP contribution is -2.49. The number of aliphatic hydroxyl groups is 2. The number of rotatable bonds is 5. The molecule has 0 aliphatic carbocycles. The highest BCUT2D eigenvalue weighted by atomic mass is 35.5. The number of halogens is 2. The van der Waals surface area contributed by atoms with E-state index < -0.39 is 48.1 Å². The highest BCUT2D eigenvalue weighted by molar-refractivity contribution is 6.32. The van der Waals surface area contributed by atoms with Gasteiger partial charge in [0.25, 0.3) is 11.6 Å². The Morgan fingerprint density at radius 3 is 2.71 bits per heavy atom. The number of hydrogen-bond donors (Lipinski definition) is 4. The van der Waals surface area contributed by atoms with Gasteiger partial charge in [-0.2, -0.15) is 10.2 Å². The molecule has 0 unspecified atom stereocenters. The van der Waals surface area contributed by atoms with Crippen LogP contribution in [0.15, 0.2) is 11.0 Å². The summed E-state index contributed by atoms with van der Waals surface area (Å²) in [6.07, 6.45) is -3.82. The third-order valence-electron chi connectivity index (χ3n) is 4.30. The first kappa shape index (κ1) is 22.0. The fourth-order valence-corrected chi connectivity index (χ4v) is 2.64. The van der Waals surface area contributed by atoms with Crippen molar-refractivity contribution < 1.29 is 28.9 Å². The number of ether oxygens (including phenoxy) is 2. The predicted molar refractivity (Wildman–Crippen MR) is 92.2 cm³/mol. The summed E-state index contributed by atoms with van der Waals surface area (Å²) in [7, 11) is 0. The molecular formula is C15H19ClFN5O6. The normalized spacial score (nSPS) is 30.8. The number of carbonyl (C=O) groups excluding carboxylic acids is 1. The highest BCUT2D eigenvalue weighted by Crippen LogP contribution is 2.42. The van der Waals surface area contributed by atoms with E-state index in [0.29, 0.717) is 4.57 Å². The Hall–Kier alpha value is -2.30. The number of nitrogens with two attached hydrogens (primary N) is 2. The molecule has 0 aromatic carbocycles. The summed E-state index contributed by atoms with van der Waals surface area (Å²) in [5.74, 6) is -4.90. The molecule has 1 saturated heterocycles. The van der Waals surface area contributed by atoms with Gasteiger partial charge in [-0.3, -0.25) is 14.1 Å². The maximum Gasteiger partial charge on any atom is 0.352 e. The van der Waals surface area contributed by atoms with Crippen molar-refractivity contribution in [2.24, 2.45) is 11.7 Å². The summed E-state index contributed by atoms with van der Waals surface area (Å²) in [5, 5.41) is 29.6. The largest absolute Gasteiger partial charge is 0.458 e. The van der Waals surface area contributed by atoms with E-state index in [2.05, 4.69) is 4.98 Å². The van der Waals surface area contributed by atoms with Crippen molar-refractivity contribution in [2.75, 3.05) is 12.3 Å². The van der Waals surface area contributed by atoms with Gasteiger partial charge in [-0.1, -0.05) is 25.4 Å². The number of aromatic nitrogens is 2. The van der Waals surface area contributed by atoms with Crippen molar-refractivity contribution in [3.8, 4) is 6.07 Å². The maximum atomic E-state index is 15.2. The quantitative estimate of drug-likeness (QED) is 0.413. The molecule has 6 N–H and O–H groups in total. The second kappa shape index (κ2) is 7.61. The van der Waals surface area contributed by atoms with E-state index in [9.17, 15) is 25.1 Å². The van der Waals surface area contributed by atoms with Crippen molar-refractivity contribution in [1.29, 1.82) is 5.26 Å². The van der Waals surface area contributed by atoms with Crippen LogP contribution in [-0.4, -0.2) is 56.4 Å². The fraction of sp³-hybridized carbons (Fsp3) is 0.600. The minimum atomic E-state index is -3.23. The van der Waals surface area contributed by atoms with Crippen LogP contribution in [0.3, 0.4) is 0 Å². The van der Waals surface area contributed by atoms with Gasteiger partial charge >= 0.3 is 11.7 Å². The van der Waals surface area contributed by atoms with E-state index >= 15 is 4.39 Å². The number of nitrogen functional groups attached to an aromatic ring is 1. The lowest BCUT2D eigenvalue weighted by Gasteiger charge is -2.27. The molecular weight excluding hydrogens is 401 g/mol. The summed E-state index contributed by atoms with van der Waals surface area (Å²) >= 11 is 5.77. The Morgan fingerprint density at radius 1 is 1.57 bits per heavy atom. The van der Waals surface area contributed by atoms with Gasteiger partial charge in [0.2, 0.25) is 0 Å². The van der Waals surface area contributed by atoms with Crippen molar-refractivity contribution in [3.05, 3.63) is 21.7 Å². The van der Waals surface area contributed by atoms with Crippen LogP contribution in [-0.2, 0) is 20.0 Å². The van der Waals surface area contributed by atoms with Crippen molar-refractivity contribution >= 4 is 23.4 Å². The van der Waals surface area contributed by atoms with E-state index in [4.69, 9.17) is 32.5 Å². The first-order valence-electron chi connectivity index (χ1n) is 8.03. The van der Waals surface area contributed by atoms with Crippen LogP contribution in [0.25, 0.3) is 0 Å². The molecule has 2 heterocycles. The SMILES string of the molecule is CC(C)[C@H](N)C(=O)OC[C@@]1(F)O[C@@](C#N)(n2cc(Cl)c(N)nc2=O)[C@H](O)[C@@H]1O. The first-order valence-corrected chi connectivity index (χ1v) is 8.41. The van der Waals surface area contributed by atoms with Crippen molar-refractivity contribution in [2.45, 2.75) is 43.7 Å². The van der Waals surface area contributed by atoms with E-state index in [0.717, 1.165) is 6.20 Å². The van der Waals surface area contributed by atoms with Crippen LogP contribution in [0, 0.1) is 17.2 Å². The molecule has 11 nitrogen and oxygen atoms in total. The summed E-state index contributed by atoms with van der Waals surface area (Å²) in [4.78, 5) is 27.3. The lowest BCUT2D eigenvalue weighted by molar-refractivity contribution is -0.234. The summed E-state index contributed by atoms with van der Waals surface area (Å²) in [5.41, 5.74) is 7.03. The molecule has 1 aliphatic rings. The van der Waals surface area contributed by atoms with Gasteiger partial charge in [-0.15, -0.1) is 0 Å². The first-order chi connectivity index (χ1) is 12.9. The molecule has 154 valence electrons. The van der Waals surface area contributed by atoms with Crippen LogP contribution in [0.2, 0.25) is 5.02 Å². The number of nitrogens with zero attached hydrogens (tertiary/aromatic N) is 3. The van der Waals surface area contributed by atoms with Crippen LogP contribution in [0.5, 0.6) is 0 Å². The van der Waals surface area contributed by atoms with E-state index in [-0.39, 0.29) is 16.8 Å². The van der Waals surface area contributed by atoms with Gasteiger partial charge in [-0.25, -0.2) is 9.18 Å². The highest BCUT2D eigenvalue weighted by Gasteiger charge is 2.66. The van der Waals surface area contributed by atoms with E-state index in [1.165, 1.54) is 6.07 Å². The van der Waals surface area contributed by atoms with Crippen LogP contribution >= 0.6 is 11.6 Å². The maximum absolute atomic E-state index is 15.2. The number of nitriles is 1.